The number of nitrogens with zero attached hydrogens (tertiary/aromatic N) is 2. The molecule has 4 heteroatoms. The number of carbonyl (C=O) groups excluding carboxylic acids is 1. The number of hydrogen-bond acceptors (Lipinski definition) is 2. The van der Waals surface area contributed by atoms with E-state index in [4.69, 9.17) is 4.42 Å². The predicted molar refractivity (Wildman–Crippen MR) is 94.1 cm³/mol. The van der Waals surface area contributed by atoms with Crippen molar-refractivity contribution in [3.05, 3.63) is 60.0 Å². The number of hydrogen-bond donors (Lipinski definition) is 0. The molecule has 0 saturated carbocycles. The van der Waals surface area contributed by atoms with Gasteiger partial charge >= 0.3 is 0 Å². The highest BCUT2D eigenvalue weighted by Crippen LogP contribution is 2.24. The van der Waals surface area contributed by atoms with Crippen LogP contribution in [0.5, 0.6) is 0 Å². The number of aromatic nitrogens is 1. The van der Waals surface area contributed by atoms with E-state index < -0.39 is 0 Å². The van der Waals surface area contributed by atoms with E-state index in [1.54, 1.807) is 6.26 Å². The van der Waals surface area contributed by atoms with Crippen molar-refractivity contribution >= 4 is 17.0 Å². The Bertz CT molecular complexity index is 826. The van der Waals surface area contributed by atoms with Crippen molar-refractivity contribution in [2.45, 2.75) is 32.2 Å². The van der Waals surface area contributed by atoms with E-state index in [-0.39, 0.29) is 5.91 Å². The normalized spacial score (nSPS) is 14.6. The van der Waals surface area contributed by atoms with E-state index in [2.05, 4.69) is 28.8 Å². The number of furan rings is 1. The lowest BCUT2D eigenvalue weighted by Gasteiger charge is -2.17. The van der Waals surface area contributed by atoms with Crippen LogP contribution in [0.15, 0.2) is 53.1 Å². The second-order valence-electron chi connectivity index (χ2n) is 6.44. The second kappa shape index (κ2) is 6.56. The van der Waals surface area contributed by atoms with Crippen molar-refractivity contribution in [3.63, 3.8) is 0 Å². The molecule has 0 N–H and O–H groups in total. The maximum absolute atomic E-state index is 12.8. The van der Waals surface area contributed by atoms with Gasteiger partial charge in [0.25, 0.3) is 5.91 Å². The zero-order valence-electron chi connectivity index (χ0n) is 13.8. The minimum atomic E-state index is 0.138. The Labute approximate surface area is 141 Å². The predicted octanol–water partition coefficient (Wildman–Crippen LogP) is 4.10. The van der Waals surface area contributed by atoms with Crippen molar-refractivity contribution in [2.24, 2.45) is 0 Å². The van der Waals surface area contributed by atoms with Crippen LogP contribution >= 0.6 is 0 Å². The minimum absolute atomic E-state index is 0.138. The zero-order chi connectivity index (χ0) is 16.4. The molecule has 0 unspecified atom stereocenters. The van der Waals surface area contributed by atoms with Crippen LogP contribution in [0.1, 0.15) is 35.3 Å². The largest absolute Gasteiger partial charge is 0.463 e. The summed E-state index contributed by atoms with van der Waals surface area (Å²) in [4.78, 5) is 14.8. The summed E-state index contributed by atoms with van der Waals surface area (Å²) in [5.41, 5.74) is 3.92. The first kappa shape index (κ1) is 15.1. The van der Waals surface area contributed by atoms with Gasteiger partial charge in [-0.05, 0) is 31.2 Å². The lowest BCUT2D eigenvalue weighted by molar-refractivity contribution is 0.0782. The van der Waals surface area contributed by atoms with Gasteiger partial charge in [0, 0.05) is 31.8 Å². The molecule has 4 nitrogen and oxygen atoms in total. The molecule has 3 heterocycles. The van der Waals surface area contributed by atoms with Crippen molar-refractivity contribution in [2.75, 3.05) is 13.1 Å². The number of likely N-dealkylation sites (tertiary alicyclic amines) is 1. The van der Waals surface area contributed by atoms with E-state index in [0.29, 0.717) is 0 Å². The van der Waals surface area contributed by atoms with Crippen molar-refractivity contribution in [1.82, 2.24) is 9.47 Å². The molecule has 2 aromatic heterocycles. The summed E-state index contributed by atoms with van der Waals surface area (Å²) in [6.07, 6.45) is 5.92. The number of aryl methyl sites for hydroxylation is 2. The van der Waals surface area contributed by atoms with Crippen LogP contribution in [0.25, 0.3) is 11.1 Å². The average Bonchev–Trinajstić information content (AvgIpc) is 3.33. The van der Waals surface area contributed by atoms with Crippen LogP contribution in [0.4, 0.5) is 0 Å². The fourth-order valence-electron chi connectivity index (χ4n) is 3.56. The zero-order valence-corrected chi connectivity index (χ0v) is 13.8. The van der Waals surface area contributed by atoms with Crippen molar-refractivity contribution in [1.29, 1.82) is 0 Å². The molecule has 1 aliphatic rings. The summed E-state index contributed by atoms with van der Waals surface area (Å²) >= 11 is 0. The van der Waals surface area contributed by atoms with Crippen molar-refractivity contribution < 1.29 is 9.21 Å². The molecule has 24 heavy (non-hydrogen) atoms. The lowest BCUT2D eigenvalue weighted by atomic mass is 10.1. The molecule has 1 aliphatic heterocycles. The fourth-order valence-corrected chi connectivity index (χ4v) is 3.56. The molecule has 0 aliphatic carbocycles. The third-order valence-corrected chi connectivity index (χ3v) is 4.83. The number of carbonyl (C=O) groups is 1. The summed E-state index contributed by atoms with van der Waals surface area (Å²) < 4.78 is 7.65. The summed E-state index contributed by atoms with van der Waals surface area (Å²) in [6, 6.07) is 14.3. The molecule has 1 aromatic carbocycles. The van der Waals surface area contributed by atoms with Crippen LogP contribution in [-0.2, 0) is 13.0 Å². The van der Waals surface area contributed by atoms with Gasteiger partial charge in [0.1, 0.15) is 5.69 Å². The van der Waals surface area contributed by atoms with Gasteiger partial charge in [-0.25, -0.2) is 0 Å². The van der Waals surface area contributed by atoms with Gasteiger partial charge < -0.3 is 13.9 Å². The Hall–Kier alpha value is -2.49. The number of benzene rings is 1. The van der Waals surface area contributed by atoms with Crippen LogP contribution in [0, 0.1) is 0 Å². The van der Waals surface area contributed by atoms with E-state index in [0.717, 1.165) is 62.1 Å². The lowest BCUT2D eigenvalue weighted by Crippen LogP contribution is -2.29. The molecular weight excluding hydrogens is 300 g/mol. The Balaban J connectivity index is 1.55. The third-order valence-electron chi connectivity index (χ3n) is 4.83. The highest BCUT2D eigenvalue weighted by atomic mass is 16.3. The Kier molecular flexibility index (Phi) is 4.11. The molecule has 1 amide bonds. The summed E-state index contributed by atoms with van der Waals surface area (Å²) in [5, 5.41) is 0. The smallest absolute Gasteiger partial charge is 0.270 e. The maximum atomic E-state index is 12.8. The maximum Gasteiger partial charge on any atom is 0.270 e. The average molecular weight is 322 g/mol. The van der Waals surface area contributed by atoms with Crippen LogP contribution in [0.3, 0.4) is 0 Å². The first-order valence-electron chi connectivity index (χ1n) is 8.73. The molecule has 3 aromatic rings. The topological polar surface area (TPSA) is 38.4 Å². The van der Waals surface area contributed by atoms with Gasteiger partial charge in [0.05, 0.1) is 11.8 Å². The monoisotopic (exact) mass is 322 g/mol. The van der Waals surface area contributed by atoms with Gasteiger partial charge in [-0.3, -0.25) is 4.79 Å². The van der Waals surface area contributed by atoms with Gasteiger partial charge in [-0.2, -0.15) is 0 Å². The molecular formula is C20H22N2O2. The third kappa shape index (κ3) is 2.84. The quantitative estimate of drug-likeness (QED) is 0.709. The molecule has 0 atom stereocenters. The second-order valence-corrected chi connectivity index (χ2v) is 6.44. The summed E-state index contributed by atoms with van der Waals surface area (Å²) in [5.74, 6) is 0.138. The first-order valence-corrected chi connectivity index (χ1v) is 8.73. The molecule has 0 spiro atoms. The van der Waals surface area contributed by atoms with Crippen LogP contribution in [-0.4, -0.2) is 28.5 Å². The molecule has 1 saturated heterocycles. The Morgan fingerprint density at radius 1 is 1.08 bits per heavy atom. The Morgan fingerprint density at radius 2 is 1.88 bits per heavy atom. The van der Waals surface area contributed by atoms with Gasteiger partial charge in [-0.15, -0.1) is 0 Å². The SMILES string of the molecule is O=C(c1cc2occc2n1CCCc1ccccc1)N1CCCC1. The molecule has 0 bridgehead atoms. The van der Waals surface area contributed by atoms with Crippen LogP contribution < -0.4 is 0 Å². The molecule has 0 radical (unpaired) electrons. The van der Waals surface area contributed by atoms with E-state index in [1.165, 1.54) is 5.56 Å². The number of fused-ring (bicyclic) bond motifs is 1. The van der Waals surface area contributed by atoms with E-state index in [1.807, 2.05) is 23.1 Å². The van der Waals surface area contributed by atoms with E-state index in [9.17, 15) is 4.79 Å². The fraction of sp³-hybridized carbons (Fsp3) is 0.350. The summed E-state index contributed by atoms with van der Waals surface area (Å²) in [6.45, 7) is 2.57. The highest BCUT2D eigenvalue weighted by Gasteiger charge is 2.24. The number of rotatable bonds is 5. The van der Waals surface area contributed by atoms with Gasteiger partial charge in [-0.1, -0.05) is 30.3 Å². The van der Waals surface area contributed by atoms with Gasteiger partial charge in [0.15, 0.2) is 5.58 Å². The van der Waals surface area contributed by atoms with Gasteiger partial charge in [0.2, 0.25) is 0 Å². The van der Waals surface area contributed by atoms with Crippen molar-refractivity contribution in [3.8, 4) is 0 Å². The summed E-state index contributed by atoms with van der Waals surface area (Å²) in [7, 11) is 0. The van der Waals surface area contributed by atoms with E-state index >= 15 is 0 Å². The Morgan fingerprint density at radius 3 is 2.67 bits per heavy atom. The molecule has 4 rings (SSSR count). The first-order chi connectivity index (χ1) is 11.8. The number of amides is 1. The standard InChI is InChI=1S/C20H22N2O2/c23-20(21-11-4-5-12-21)18-15-19-17(10-14-24-19)22(18)13-6-9-16-7-2-1-3-8-16/h1-3,7-8,10,14-15H,4-6,9,11-13H2. The minimum Gasteiger partial charge on any atom is -0.463 e. The molecule has 124 valence electrons. The molecule has 1 fully saturated rings. The highest BCUT2D eigenvalue weighted by molar-refractivity contribution is 5.97. The van der Waals surface area contributed by atoms with Crippen LogP contribution in [0.2, 0.25) is 0 Å².